The van der Waals surface area contributed by atoms with E-state index in [0.29, 0.717) is 0 Å². The number of benzene rings is 2. The first-order valence-electron chi connectivity index (χ1n) is 9.90. The molecule has 1 heteroatoms. The van der Waals surface area contributed by atoms with Crippen LogP contribution in [-0.2, 0) is 0 Å². The summed E-state index contributed by atoms with van der Waals surface area (Å²) in [6.45, 7) is 9.48. The summed E-state index contributed by atoms with van der Waals surface area (Å²) in [6.07, 6.45) is 4.72. The van der Waals surface area contributed by atoms with Gasteiger partial charge >= 0.3 is 155 Å². The molecule has 0 N–H and O–H groups in total. The van der Waals surface area contributed by atoms with Crippen molar-refractivity contribution in [3.63, 3.8) is 0 Å². The number of allylic oxidation sites excluding steroid dienone is 4. The molecule has 2 aliphatic rings. The molecule has 0 bridgehead atoms. The predicted octanol–water partition coefficient (Wildman–Crippen LogP) is 5.50. The molecular weight excluding hydrogens is 361 g/mol. The molecule has 0 amide bonds. The molecule has 0 fully saturated rings. The van der Waals surface area contributed by atoms with Gasteiger partial charge in [-0.1, -0.05) is 0 Å². The monoisotopic (exact) mass is 390 g/mol. The molecule has 0 unspecified atom stereocenters. The zero-order valence-electron chi connectivity index (χ0n) is 15.9. The predicted molar refractivity (Wildman–Crippen MR) is 113 cm³/mol. The fourth-order valence-electron chi connectivity index (χ4n) is 5.67. The Bertz CT molecular complexity index is 822. The Balaban J connectivity index is 2.19. The molecule has 2 aliphatic heterocycles. The third-order valence-electron chi connectivity index (χ3n) is 6.36. The van der Waals surface area contributed by atoms with E-state index in [1.165, 1.54) is 12.8 Å². The van der Waals surface area contributed by atoms with E-state index in [0.717, 1.165) is 12.8 Å². The molecule has 0 radical (unpaired) electrons. The van der Waals surface area contributed by atoms with Gasteiger partial charge in [-0.2, -0.15) is 0 Å². The van der Waals surface area contributed by atoms with Crippen LogP contribution in [0.2, 0.25) is 0 Å². The van der Waals surface area contributed by atoms with Crippen LogP contribution in [0.4, 0.5) is 0 Å². The van der Waals surface area contributed by atoms with Crippen molar-refractivity contribution in [2.24, 2.45) is 0 Å². The average Bonchev–Trinajstić information content (AvgIpc) is 3.12. The molecule has 2 aromatic rings. The molecule has 0 aliphatic carbocycles. The molecule has 2 aromatic carbocycles. The number of hydrogen-bond donors (Lipinski definition) is 0. The van der Waals surface area contributed by atoms with Crippen molar-refractivity contribution in [2.75, 3.05) is 0 Å². The second kappa shape index (κ2) is 6.32. The van der Waals surface area contributed by atoms with E-state index in [-0.39, 0.29) is 0 Å². The minimum atomic E-state index is -2.67. The molecule has 0 nitrogen and oxygen atoms in total. The molecule has 4 rings (SSSR count). The van der Waals surface area contributed by atoms with E-state index in [4.69, 9.17) is 0 Å². The van der Waals surface area contributed by atoms with Crippen LogP contribution in [0.25, 0.3) is 11.1 Å². The third-order valence-corrected chi connectivity index (χ3v) is 18.1. The van der Waals surface area contributed by atoms with Gasteiger partial charge in [0, 0.05) is 0 Å². The van der Waals surface area contributed by atoms with Crippen LogP contribution in [0, 0.1) is 0 Å². The Morgan fingerprint density at radius 3 is 1.32 bits per heavy atom. The summed E-state index contributed by atoms with van der Waals surface area (Å²) >= 11 is -2.67. The summed E-state index contributed by atoms with van der Waals surface area (Å²) in [5.74, 6) is 0. The Labute approximate surface area is 155 Å². The van der Waals surface area contributed by atoms with Crippen molar-refractivity contribution in [1.29, 1.82) is 0 Å². The molecule has 0 saturated carbocycles. The third kappa shape index (κ3) is 2.01. The van der Waals surface area contributed by atoms with Crippen LogP contribution in [0.5, 0.6) is 0 Å². The summed E-state index contributed by atoms with van der Waals surface area (Å²) in [4.78, 5) is 0. The van der Waals surface area contributed by atoms with Crippen molar-refractivity contribution in [3.8, 4) is 0 Å². The van der Waals surface area contributed by atoms with Crippen molar-refractivity contribution in [1.82, 2.24) is 0 Å². The van der Waals surface area contributed by atoms with Crippen LogP contribution in [0.15, 0.2) is 57.3 Å². The quantitative estimate of drug-likeness (QED) is 0.606. The van der Waals surface area contributed by atoms with Gasteiger partial charge in [0.15, 0.2) is 0 Å². The summed E-state index contributed by atoms with van der Waals surface area (Å²) in [7, 11) is 0. The van der Waals surface area contributed by atoms with E-state index in [1.807, 2.05) is 8.81 Å². The van der Waals surface area contributed by atoms with Gasteiger partial charge in [0.2, 0.25) is 0 Å². The first-order valence-corrected chi connectivity index (χ1v) is 14.1. The van der Waals surface area contributed by atoms with Gasteiger partial charge in [-0.05, 0) is 0 Å². The fraction of sp³-hybridized carbons (Fsp3) is 0.333. The summed E-state index contributed by atoms with van der Waals surface area (Å²) in [5, 5.41) is 0. The van der Waals surface area contributed by atoms with E-state index in [1.54, 1.807) is 31.1 Å². The number of rotatable bonds is 4. The number of fused-ring (bicyclic) bond motifs is 4. The molecule has 2 heterocycles. The molecule has 25 heavy (non-hydrogen) atoms. The second-order valence-corrected chi connectivity index (χ2v) is 15.1. The molecule has 1 spiro atoms. The van der Waals surface area contributed by atoms with E-state index in [2.05, 4.69) is 76.2 Å². The maximum atomic E-state index is 2.47. The van der Waals surface area contributed by atoms with Gasteiger partial charge in [-0.25, -0.2) is 0 Å². The average molecular weight is 389 g/mol. The van der Waals surface area contributed by atoms with Crippen molar-refractivity contribution >= 4 is 33.2 Å². The SMILES string of the molecule is CCC1=[C](CC)[Ge]2([C](CC)=C(CC)c3cccc[c]32)[c]2ccccc21. The summed E-state index contributed by atoms with van der Waals surface area (Å²) in [5.41, 5.74) is 6.47. The standard InChI is InChI=1S/C24H28Ge/c1-5-17-19-13-9-11-15-23(19)25(21(17)7-3)22(8-4)18(6-2)20-14-10-12-16-24(20)25/h9-16H,5-8H2,1-4H3. The van der Waals surface area contributed by atoms with Gasteiger partial charge < -0.3 is 0 Å². The Kier molecular flexibility index (Phi) is 4.27. The van der Waals surface area contributed by atoms with Crippen molar-refractivity contribution in [3.05, 3.63) is 68.5 Å². The zero-order valence-corrected chi connectivity index (χ0v) is 18.0. The maximum absolute atomic E-state index is 2.67. The summed E-state index contributed by atoms with van der Waals surface area (Å²) < 4.78 is 7.08. The van der Waals surface area contributed by atoms with E-state index < -0.39 is 13.3 Å². The van der Waals surface area contributed by atoms with Crippen LogP contribution < -0.4 is 8.79 Å². The molecule has 128 valence electrons. The van der Waals surface area contributed by atoms with Crippen LogP contribution in [0.3, 0.4) is 0 Å². The van der Waals surface area contributed by atoms with E-state index >= 15 is 0 Å². The van der Waals surface area contributed by atoms with Crippen LogP contribution in [0.1, 0.15) is 64.5 Å². The molecule has 0 atom stereocenters. The summed E-state index contributed by atoms with van der Waals surface area (Å²) in [6, 6.07) is 18.7. The normalized spacial score (nSPS) is 17.4. The fourth-order valence-corrected chi connectivity index (χ4v) is 19.3. The van der Waals surface area contributed by atoms with Crippen molar-refractivity contribution < 1.29 is 0 Å². The second-order valence-electron chi connectivity index (χ2n) is 7.17. The molecular formula is C24H28Ge. The molecule has 0 aromatic heterocycles. The van der Waals surface area contributed by atoms with Gasteiger partial charge in [0.05, 0.1) is 0 Å². The van der Waals surface area contributed by atoms with Gasteiger partial charge in [-0.3, -0.25) is 0 Å². The van der Waals surface area contributed by atoms with Crippen LogP contribution in [-0.4, -0.2) is 13.3 Å². The first kappa shape index (κ1) is 16.9. The van der Waals surface area contributed by atoms with Gasteiger partial charge in [0.1, 0.15) is 0 Å². The van der Waals surface area contributed by atoms with Crippen molar-refractivity contribution in [2.45, 2.75) is 53.4 Å². The topological polar surface area (TPSA) is 0 Å². The Hall–Kier alpha value is -1.54. The van der Waals surface area contributed by atoms with Gasteiger partial charge in [0.25, 0.3) is 0 Å². The zero-order chi connectivity index (χ0) is 17.6. The number of hydrogen-bond acceptors (Lipinski definition) is 0. The van der Waals surface area contributed by atoms with E-state index in [9.17, 15) is 0 Å². The Morgan fingerprint density at radius 2 is 0.960 bits per heavy atom. The van der Waals surface area contributed by atoms with Crippen LogP contribution >= 0.6 is 0 Å². The Morgan fingerprint density at radius 1 is 0.560 bits per heavy atom. The van der Waals surface area contributed by atoms with Gasteiger partial charge in [-0.15, -0.1) is 0 Å². The molecule has 0 saturated heterocycles. The minimum absolute atomic E-state index is 1.16. The first-order chi connectivity index (χ1) is 12.2.